The summed E-state index contributed by atoms with van der Waals surface area (Å²) in [4.78, 5) is 12.6. The molecule has 1 unspecified atom stereocenters. The Balaban J connectivity index is 1.81. The number of amides is 1. The summed E-state index contributed by atoms with van der Waals surface area (Å²) in [6.45, 7) is 2.36. The highest BCUT2D eigenvalue weighted by molar-refractivity contribution is 5.91. The van der Waals surface area contributed by atoms with E-state index in [0.29, 0.717) is 18.1 Å². The highest BCUT2D eigenvalue weighted by atomic mass is 16.5. The van der Waals surface area contributed by atoms with Crippen molar-refractivity contribution in [2.45, 2.75) is 25.5 Å². The third-order valence-electron chi connectivity index (χ3n) is 4.35. The van der Waals surface area contributed by atoms with Crippen molar-refractivity contribution in [2.24, 2.45) is 0 Å². The average molecular weight is 349 g/mol. The molecule has 0 fully saturated rings. The van der Waals surface area contributed by atoms with Crippen LogP contribution in [0.4, 0.5) is 0 Å². The molecule has 3 aromatic rings. The fraction of sp³-hybridized carbons (Fsp3) is 0.227. The molecule has 1 amide bonds. The predicted molar refractivity (Wildman–Crippen MR) is 101 cm³/mol. The van der Waals surface area contributed by atoms with Crippen LogP contribution in [0.25, 0.3) is 0 Å². The molecule has 1 aromatic heterocycles. The lowest BCUT2D eigenvalue weighted by Gasteiger charge is -2.25. The van der Waals surface area contributed by atoms with Crippen LogP contribution in [0.1, 0.15) is 40.3 Å². The topological polar surface area (TPSA) is 51.5 Å². The van der Waals surface area contributed by atoms with Gasteiger partial charge in [0.25, 0.3) is 5.91 Å². The van der Waals surface area contributed by atoms with Gasteiger partial charge in [-0.15, -0.1) is 0 Å². The van der Waals surface area contributed by atoms with Gasteiger partial charge in [0.2, 0.25) is 0 Å². The molecule has 134 valence electrons. The summed E-state index contributed by atoms with van der Waals surface area (Å²) in [5.41, 5.74) is 2.32. The SMILES string of the molecule is COCc1ccc(C(=O)NC(C)C(c2ccccc2)c2ccccc2)o1. The van der Waals surface area contributed by atoms with Gasteiger partial charge in [-0.1, -0.05) is 60.7 Å². The monoisotopic (exact) mass is 349 g/mol. The fourth-order valence-corrected chi connectivity index (χ4v) is 3.17. The van der Waals surface area contributed by atoms with Crippen molar-refractivity contribution in [3.05, 3.63) is 95.4 Å². The van der Waals surface area contributed by atoms with E-state index < -0.39 is 0 Å². The zero-order chi connectivity index (χ0) is 18.4. The normalized spacial score (nSPS) is 12.1. The van der Waals surface area contributed by atoms with Gasteiger partial charge in [-0.05, 0) is 30.2 Å². The van der Waals surface area contributed by atoms with Crippen LogP contribution < -0.4 is 5.32 Å². The van der Waals surface area contributed by atoms with Crippen LogP contribution in [0.3, 0.4) is 0 Å². The second-order valence-electron chi connectivity index (χ2n) is 6.26. The maximum Gasteiger partial charge on any atom is 0.287 e. The Bertz CT molecular complexity index is 787. The Morgan fingerprint density at radius 1 is 0.962 bits per heavy atom. The highest BCUT2D eigenvalue weighted by Crippen LogP contribution is 2.28. The number of carbonyl (C=O) groups excluding carboxylic acids is 1. The van der Waals surface area contributed by atoms with Crippen LogP contribution in [-0.4, -0.2) is 19.1 Å². The van der Waals surface area contributed by atoms with Gasteiger partial charge in [-0.3, -0.25) is 4.79 Å². The van der Waals surface area contributed by atoms with Crippen molar-refractivity contribution in [3.63, 3.8) is 0 Å². The van der Waals surface area contributed by atoms with E-state index in [0.717, 1.165) is 11.1 Å². The minimum Gasteiger partial charge on any atom is -0.453 e. The second-order valence-corrected chi connectivity index (χ2v) is 6.26. The van der Waals surface area contributed by atoms with Gasteiger partial charge in [0, 0.05) is 19.1 Å². The van der Waals surface area contributed by atoms with Crippen LogP contribution in [-0.2, 0) is 11.3 Å². The van der Waals surface area contributed by atoms with E-state index in [-0.39, 0.29) is 17.9 Å². The summed E-state index contributed by atoms with van der Waals surface area (Å²) < 4.78 is 10.6. The van der Waals surface area contributed by atoms with Gasteiger partial charge in [0.15, 0.2) is 5.76 Å². The van der Waals surface area contributed by atoms with Gasteiger partial charge < -0.3 is 14.5 Å². The Morgan fingerprint density at radius 3 is 2.08 bits per heavy atom. The van der Waals surface area contributed by atoms with E-state index in [1.165, 1.54) is 0 Å². The summed E-state index contributed by atoms with van der Waals surface area (Å²) in [5.74, 6) is 0.753. The number of nitrogens with one attached hydrogen (secondary N) is 1. The molecule has 0 spiro atoms. The van der Waals surface area contributed by atoms with E-state index in [4.69, 9.17) is 9.15 Å². The first kappa shape index (κ1) is 18.0. The number of carbonyl (C=O) groups is 1. The lowest BCUT2D eigenvalue weighted by atomic mass is 9.86. The molecule has 26 heavy (non-hydrogen) atoms. The van der Waals surface area contributed by atoms with Gasteiger partial charge in [0.05, 0.1) is 0 Å². The maximum atomic E-state index is 12.6. The van der Waals surface area contributed by atoms with Crippen LogP contribution in [0.15, 0.2) is 77.2 Å². The molecule has 1 atom stereocenters. The number of ether oxygens (including phenoxy) is 1. The second kappa shape index (κ2) is 8.50. The molecular formula is C22H23NO3. The lowest BCUT2D eigenvalue weighted by Crippen LogP contribution is -2.37. The molecule has 4 heteroatoms. The molecule has 2 aromatic carbocycles. The molecule has 0 radical (unpaired) electrons. The Hall–Kier alpha value is -2.85. The van der Waals surface area contributed by atoms with Gasteiger partial charge >= 0.3 is 0 Å². The quantitative estimate of drug-likeness (QED) is 0.689. The third-order valence-corrected chi connectivity index (χ3v) is 4.35. The van der Waals surface area contributed by atoms with E-state index in [2.05, 4.69) is 29.6 Å². The van der Waals surface area contributed by atoms with E-state index in [1.54, 1.807) is 19.2 Å². The zero-order valence-electron chi connectivity index (χ0n) is 15.0. The molecule has 1 heterocycles. The van der Waals surface area contributed by atoms with Crippen LogP contribution >= 0.6 is 0 Å². The Kier molecular flexibility index (Phi) is 5.87. The largest absolute Gasteiger partial charge is 0.453 e. The molecule has 1 N–H and O–H groups in total. The van der Waals surface area contributed by atoms with Crippen molar-refractivity contribution in [3.8, 4) is 0 Å². The third kappa shape index (κ3) is 4.21. The summed E-state index contributed by atoms with van der Waals surface area (Å²) in [6.07, 6.45) is 0. The Morgan fingerprint density at radius 2 is 1.54 bits per heavy atom. The van der Waals surface area contributed by atoms with Gasteiger partial charge in [-0.25, -0.2) is 0 Å². The number of rotatable bonds is 7. The number of furan rings is 1. The summed E-state index contributed by atoms with van der Waals surface area (Å²) in [6, 6.07) is 23.7. The number of hydrogen-bond acceptors (Lipinski definition) is 3. The van der Waals surface area contributed by atoms with Crippen LogP contribution in [0.2, 0.25) is 0 Å². The Labute approximate surface area is 153 Å². The molecule has 0 saturated carbocycles. The van der Waals surface area contributed by atoms with Crippen LogP contribution in [0, 0.1) is 0 Å². The van der Waals surface area contributed by atoms with E-state index >= 15 is 0 Å². The van der Waals surface area contributed by atoms with Crippen molar-refractivity contribution >= 4 is 5.91 Å². The molecule has 3 rings (SSSR count). The minimum absolute atomic E-state index is 0.0507. The average Bonchev–Trinajstić information content (AvgIpc) is 3.13. The van der Waals surface area contributed by atoms with Gasteiger partial charge in [-0.2, -0.15) is 0 Å². The predicted octanol–water partition coefficient (Wildman–Crippen LogP) is 4.38. The number of methoxy groups -OCH3 is 1. The minimum atomic E-state index is -0.225. The summed E-state index contributed by atoms with van der Waals surface area (Å²) >= 11 is 0. The molecule has 0 aliphatic carbocycles. The van der Waals surface area contributed by atoms with Crippen molar-refractivity contribution in [1.29, 1.82) is 0 Å². The lowest BCUT2D eigenvalue weighted by molar-refractivity contribution is 0.0900. The first-order valence-electron chi connectivity index (χ1n) is 8.67. The van der Waals surface area contributed by atoms with Crippen molar-refractivity contribution in [1.82, 2.24) is 5.32 Å². The van der Waals surface area contributed by atoms with E-state index in [1.807, 2.05) is 43.3 Å². The summed E-state index contributed by atoms with van der Waals surface area (Å²) in [7, 11) is 1.59. The highest BCUT2D eigenvalue weighted by Gasteiger charge is 2.24. The first-order valence-corrected chi connectivity index (χ1v) is 8.67. The smallest absolute Gasteiger partial charge is 0.287 e. The molecule has 0 aliphatic rings. The maximum absolute atomic E-state index is 12.6. The molecule has 0 saturated heterocycles. The van der Waals surface area contributed by atoms with Crippen molar-refractivity contribution in [2.75, 3.05) is 7.11 Å². The molecule has 4 nitrogen and oxygen atoms in total. The fourth-order valence-electron chi connectivity index (χ4n) is 3.17. The van der Waals surface area contributed by atoms with E-state index in [9.17, 15) is 4.79 Å². The molecule has 0 aliphatic heterocycles. The number of benzene rings is 2. The molecular weight excluding hydrogens is 326 g/mol. The summed E-state index contributed by atoms with van der Waals surface area (Å²) in [5, 5.41) is 3.08. The molecule has 0 bridgehead atoms. The van der Waals surface area contributed by atoms with Crippen LogP contribution in [0.5, 0.6) is 0 Å². The number of hydrogen-bond donors (Lipinski definition) is 1. The standard InChI is InChI=1S/C22H23NO3/c1-16(23-22(24)20-14-13-19(26-20)15-25-2)21(17-9-5-3-6-10-17)18-11-7-4-8-12-18/h3-14,16,21H,15H2,1-2H3,(H,23,24). The zero-order valence-corrected chi connectivity index (χ0v) is 15.0. The first-order chi connectivity index (χ1) is 12.7. The van der Waals surface area contributed by atoms with Crippen molar-refractivity contribution < 1.29 is 13.9 Å². The van der Waals surface area contributed by atoms with Gasteiger partial charge in [0.1, 0.15) is 12.4 Å².